The zero-order valence-electron chi connectivity index (χ0n) is 15.4. The van der Waals surface area contributed by atoms with Gasteiger partial charge in [0.05, 0.1) is 6.54 Å². The van der Waals surface area contributed by atoms with Crippen molar-refractivity contribution in [1.29, 1.82) is 0 Å². The summed E-state index contributed by atoms with van der Waals surface area (Å²) in [5.41, 5.74) is -0.334. The van der Waals surface area contributed by atoms with Gasteiger partial charge in [-0.25, -0.2) is 4.79 Å². The average molecular weight is 362 g/mol. The maximum atomic E-state index is 12.5. The van der Waals surface area contributed by atoms with Crippen LogP contribution in [-0.4, -0.2) is 52.5 Å². The lowest BCUT2D eigenvalue weighted by Gasteiger charge is -2.22. The van der Waals surface area contributed by atoms with Crippen molar-refractivity contribution in [2.45, 2.75) is 51.7 Å². The predicted molar refractivity (Wildman–Crippen MR) is 96.1 cm³/mol. The minimum Gasteiger partial charge on any atom is -0.491 e. The number of urea groups is 1. The molecule has 3 amide bonds. The minimum absolute atomic E-state index is 0.0405. The molecule has 2 rings (SSSR count). The highest BCUT2D eigenvalue weighted by atomic mass is 16.5. The fourth-order valence-electron chi connectivity index (χ4n) is 2.85. The fourth-order valence-corrected chi connectivity index (χ4v) is 2.85. The molecule has 0 spiro atoms. The van der Waals surface area contributed by atoms with E-state index in [2.05, 4.69) is 5.32 Å². The van der Waals surface area contributed by atoms with Gasteiger partial charge in [0.15, 0.2) is 5.78 Å². The second-order valence-corrected chi connectivity index (χ2v) is 6.83. The highest BCUT2D eigenvalue weighted by Crippen LogP contribution is 2.23. The summed E-state index contributed by atoms with van der Waals surface area (Å²) >= 11 is 0. The molecular weight excluding hydrogens is 336 g/mol. The first-order chi connectivity index (χ1) is 12.3. The van der Waals surface area contributed by atoms with E-state index in [1.54, 1.807) is 31.2 Å². The van der Waals surface area contributed by atoms with Gasteiger partial charge in [0, 0.05) is 5.56 Å². The second kappa shape index (κ2) is 8.31. The number of aliphatic hydroxyl groups is 1. The molecule has 7 nitrogen and oxygen atoms in total. The van der Waals surface area contributed by atoms with Crippen molar-refractivity contribution in [2.24, 2.45) is 0 Å². The summed E-state index contributed by atoms with van der Waals surface area (Å²) in [6.45, 7) is 5.01. The number of unbranched alkanes of at least 4 members (excludes halogenated alkanes) is 1. The van der Waals surface area contributed by atoms with E-state index in [-0.39, 0.29) is 24.8 Å². The standard InChI is InChI=1S/C19H26N2O5/c1-4-5-10-19(3)17(24)21(18(25)20-19)11-15(23)12-26-16-8-6-14(7-9-16)13(2)22/h6-9,15,23H,4-5,10-12H2,1-3H3,(H,20,25)/t15-,19+/m1/s1. The molecular formula is C19H26N2O5. The Morgan fingerprint density at radius 2 is 1.96 bits per heavy atom. The van der Waals surface area contributed by atoms with E-state index in [9.17, 15) is 19.5 Å². The first-order valence-electron chi connectivity index (χ1n) is 8.83. The number of nitrogens with zero attached hydrogens (tertiary/aromatic N) is 1. The van der Waals surface area contributed by atoms with Gasteiger partial charge in [0.1, 0.15) is 24.0 Å². The lowest BCUT2D eigenvalue weighted by molar-refractivity contribution is -0.132. The number of β-amino-alcohol motifs (C(OH)–C–C–N with tert-alkyl or cyclic N) is 1. The Morgan fingerprint density at radius 1 is 1.31 bits per heavy atom. The average Bonchev–Trinajstić information content (AvgIpc) is 2.82. The van der Waals surface area contributed by atoms with E-state index in [0.717, 1.165) is 17.7 Å². The van der Waals surface area contributed by atoms with Gasteiger partial charge in [0.2, 0.25) is 0 Å². The van der Waals surface area contributed by atoms with E-state index < -0.39 is 17.7 Å². The van der Waals surface area contributed by atoms with Crippen LogP contribution in [0.3, 0.4) is 0 Å². The number of hydrogen-bond donors (Lipinski definition) is 2. The van der Waals surface area contributed by atoms with Crippen molar-refractivity contribution in [3.63, 3.8) is 0 Å². The van der Waals surface area contributed by atoms with Crippen molar-refractivity contribution in [3.8, 4) is 5.75 Å². The van der Waals surface area contributed by atoms with E-state index >= 15 is 0 Å². The molecule has 1 aromatic carbocycles. The molecule has 0 bridgehead atoms. The Morgan fingerprint density at radius 3 is 2.54 bits per heavy atom. The summed E-state index contributed by atoms with van der Waals surface area (Å²) in [6, 6.07) is 6.07. The van der Waals surface area contributed by atoms with E-state index in [1.807, 2.05) is 6.92 Å². The van der Waals surface area contributed by atoms with Crippen LogP contribution < -0.4 is 10.1 Å². The first kappa shape index (κ1) is 19.9. The van der Waals surface area contributed by atoms with Gasteiger partial charge in [-0.3, -0.25) is 14.5 Å². The molecule has 2 atom stereocenters. The number of imide groups is 1. The zero-order chi connectivity index (χ0) is 19.3. The van der Waals surface area contributed by atoms with E-state index in [0.29, 0.717) is 17.7 Å². The van der Waals surface area contributed by atoms with Gasteiger partial charge in [-0.05, 0) is 44.5 Å². The van der Waals surface area contributed by atoms with Crippen molar-refractivity contribution in [2.75, 3.05) is 13.2 Å². The lowest BCUT2D eigenvalue weighted by Crippen LogP contribution is -2.44. The van der Waals surface area contributed by atoms with Crippen molar-refractivity contribution in [1.82, 2.24) is 10.2 Å². The molecule has 1 fully saturated rings. The van der Waals surface area contributed by atoms with Crippen LogP contribution in [0.4, 0.5) is 4.79 Å². The minimum atomic E-state index is -1.01. The predicted octanol–water partition coefficient (Wildman–Crippen LogP) is 2.13. The maximum absolute atomic E-state index is 12.5. The number of carbonyl (C=O) groups excluding carboxylic acids is 3. The Labute approximate surface area is 153 Å². The summed E-state index contributed by atoms with van der Waals surface area (Å²) in [7, 11) is 0. The number of ketones is 1. The molecule has 1 aromatic rings. The molecule has 0 aliphatic carbocycles. The number of nitrogens with one attached hydrogen (secondary N) is 1. The number of amides is 3. The van der Waals surface area contributed by atoms with Gasteiger partial charge in [-0.1, -0.05) is 19.8 Å². The molecule has 1 aliphatic heterocycles. The van der Waals surface area contributed by atoms with Crippen LogP contribution in [0.5, 0.6) is 5.75 Å². The van der Waals surface area contributed by atoms with Crippen molar-refractivity contribution >= 4 is 17.7 Å². The Balaban J connectivity index is 1.89. The van der Waals surface area contributed by atoms with Crippen molar-refractivity contribution in [3.05, 3.63) is 29.8 Å². The van der Waals surface area contributed by atoms with Crippen LogP contribution in [0.15, 0.2) is 24.3 Å². The summed E-state index contributed by atoms with van der Waals surface area (Å²) in [5, 5.41) is 12.9. The molecule has 0 aromatic heterocycles. The Kier molecular flexibility index (Phi) is 6.37. The monoisotopic (exact) mass is 362 g/mol. The third-order valence-electron chi connectivity index (χ3n) is 4.47. The van der Waals surface area contributed by atoms with Crippen LogP contribution in [-0.2, 0) is 4.79 Å². The third kappa shape index (κ3) is 4.60. The first-order valence-corrected chi connectivity index (χ1v) is 8.83. The van der Waals surface area contributed by atoms with Gasteiger partial charge < -0.3 is 15.2 Å². The summed E-state index contributed by atoms with van der Waals surface area (Å²) in [4.78, 5) is 36.9. The largest absolute Gasteiger partial charge is 0.491 e. The summed E-state index contributed by atoms with van der Waals surface area (Å²) in [6.07, 6.45) is 1.32. The number of aliphatic hydroxyl groups excluding tert-OH is 1. The van der Waals surface area contributed by atoms with Crippen LogP contribution in [0.1, 0.15) is 50.4 Å². The topological polar surface area (TPSA) is 95.9 Å². The Bertz CT molecular complexity index is 673. The number of carbonyl (C=O) groups is 3. The number of rotatable bonds is 9. The lowest BCUT2D eigenvalue weighted by atomic mass is 9.95. The van der Waals surface area contributed by atoms with Crippen LogP contribution >= 0.6 is 0 Å². The smallest absolute Gasteiger partial charge is 0.325 e. The third-order valence-corrected chi connectivity index (χ3v) is 4.47. The second-order valence-electron chi connectivity index (χ2n) is 6.83. The molecule has 142 valence electrons. The van der Waals surface area contributed by atoms with E-state index in [1.165, 1.54) is 6.92 Å². The summed E-state index contributed by atoms with van der Waals surface area (Å²) in [5.74, 6) is 0.140. The van der Waals surface area contributed by atoms with Crippen molar-refractivity contribution < 1.29 is 24.2 Å². The fraction of sp³-hybridized carbons (Fsp3) is 0.526. The highest BCUT2D eigenvalue weighted by molar-refractivity contribution is 6.06. The SMILES string of the molecule is CCCC[C@]1(C)NC(=O)N(C[C@@H](O)COc2ccc(C(C)=O)cc2)C1=O. The summed E-state index contributed by atoms with van der Waals surface area (Å²) < 4.78 is 5.47. The number of ether oxygens (including phenoxy) is 1. The normalized spacial score (nSPS) is 20.8. The van der Waals surface area contributed by atoms with Gasteiger partial charge in [-0.15, -0.1) is 0 Å². The molecule has 0 unspecified atom stereocenters. The van der Waals surface area contributed by atoms with Gasteiger partial charge in [-0.2, -0.15) is 0 Å². The molecule has 2 N–H and O–H groups in total. The van der Waals surface area contributed by atoms with E-state index in [4.69, 9.17) is 4.74 Å². The molecule has 26 heavy (non-hydrogen) atoms. The maximum Gasteiger partial charge on any atom is 0.325 e. The molecule has 1 saturated heterocycles. The molecule has 1 aliphatic rings. The van der Waals surface area contributed by atoms with Gasteiger partial charge >= 0.3 is 6.03 Å². The molecule has 7 heteroatoms. The van der Waals surface area contributed by atoms with Crippen LogP contribution in [0.2, 0.25) is 0 Å². The van der Waals surface area contributed by atoms with Crippen LogP contribution in [0.25, 0.3) is 0 Å². The zero-order valence-corrected chi connectivity index (χ0v) is 15.4. The van der Waals surface area contributed by atoms with Crippen LogP contribution in [0, 0.1) is 0 Å². The number of hydrogen-bond acceptors (Lipinski definition) is 5. The molecule has 0 radical (unpaired) electrons. The van der Waals surface area contributed by atoms with Gasteiger partial charge in [0.25, 0.3) is 5.91 Å². The Hall–Kier alpha value is -2.41. The quantitative estimate of drug-likeness (QED) is 0.518. The highest BCUT2D eigenvalue weighted by Gasteiger charge is 2.47. The number of Topliss-reactive ketones (excluding diaryl/α,β-unsaturated/α-hetero) is 1. The molecule has 0 saturated carbocycles. The molecule has 1 heterocycles. The number of benzene rings is 1.